The van der Waals surface area contributed by atoms with Crippen LogP contribution in [0.25, 0.3) is 0 Å². The molecule has 0 aliphatic carbocycles. The molecule has 0 bridgehead atoms. The number of amides is 1. The van der Waals surface area contributed by atoms with Gasteiger partial charge in [-0.05, 0) is 60.7 Å². The molecule has 0 atom stereocenters. The minimum absolute atomic E-state index is 0.0318. The van der Waals surface area contributed by atoms with Gasteiger partial charge in [0.15, 0.2) is 6.61 Å². The van der Waals surface area contributed by atoms with E-state index in [1.165, 1.54) is 53.4 Å². The monoisotopic (exact) mass is 481 g/mol. The van der Waals surface area contributed by atoms with Crippen molar-refractivity contribution in [3.63, 3.8) is 0 Å². The number of ether oxygens (including phenoxy) is 1. The summed E-state index contributed by atoms with van der Waals surface area (Å²) in [7, 11) is -3.85. The lowest BCUT2D eigenvalue weighted by Gasteiger charge is -2.21. The van der Waals surface area contributed by atoms with Gasteiger partial charge in [0.05, 0.1) is 22.9 Å². The van der Waals surface area contributed by atoms with Crippen LogP contribution in [0, 0.1) is 17.1 Å². The molecule has 3 aromatic rings. The first kappa shape index (κ1) is 24.4. The molecular weight excluding hydrogens is 461 g/mol. The van der Waals surface area contributed by atoms with Crippen LogP contribution in [0.2, 0.25) is 0 Å². The van der Waals surface area contributed by atoms with Gasteiger partial charge in [0.1, 0.15) is 5.82 Å². The van der Waals surface area contributed by atoms with E-state index in [4.69, 9.17) is 10.00 Å². The Kier molecular flexibility index (Phi) is 7.95. The number of rotatable bonds is 9. The second-order valence-electron chi connectivity index (χ2n) is 7.00. The summed E-state index contributed by atoms with van der Waals surface area (Å²) in [5.41, 5.74) is 0.807. The molecule has 3 rings (SSSR count). The third-order valence-corrected chi connectivity index (χ3v) is 6.04. The Morgan fingerprint density at radius 2 is 1.62 bits per heavy atom. The van der Waals surface area contributed by atoms with Gasteiger partial charge in [0.2, 0.25) is 0 Å². The van der Waals surface area contributed by atoms with Gasteiger partial charge in [-0.25, -0.2) is 17.6 Å². The van der Waals surface area contributed by atoms with Crippen molar-refractivity contribution in [1.82, 2.24) is 0 Å². The van der Waals surface area contributed by atoms with E-state index >= 15 is 0 Å². The molecule has 174 valence electrons. The summed E-state index contributed by atoms with van der Waals surface area (Å²) in [6, 6.07) is 20.4. The molecule has 34 heavy (non-hydrogen) atoms. The van der Waals surface area contributed by atoms with Crippen molar-refractivity contribution in [3.8, 4) is 6.07 Å². The molecular formula is C24H20FN3O5S. The van der Waals surface area contributed by atoms with Crippen molar-refractivity contribution in [2.24, 2.45) is 0 Å². The van der Waals surface area contributed by atoms with E-state index in [9.17, 15) is 22.4 Å². The van der Waals surface area contributed by atoms with Crippen molar-refractivity contribution < 1.29 is 27.1 Å². The molecule has 0 heterocycles. The van der Waals surface area contributed by atoms with E-state index in [0.717, 1.165) is 0 Å². The van der Waals surface area contributed by atoms with Gasteiger partial charge in [0, 0.05) is 17.9 Å². The average Bonchev–Trinajstić information content (AvgIpc) is 2.84. The first-order chi connectivity index (χ1) is 16.3. The van der Waals surface area contributed by atoms with Crippen molar-refractivity contribution in [2.45, 2.75) is 11.3 Å². The number of para-hydroxylation sites is 1. The van der Waals surface area contributed by atoms with E-state index in [1.54, 1.807) is 30.3 Å². The summed E-state index contributed by atoms with van der Waals surface area (Å²) in [6.45, 7) is -0.573. The number of esters is 1. The number of nitrogens with one attached hydrogen (secondary N) is 1. The SMILES string of the molecule is N#CCCN(C(=O)COC(=O)c1ccc(S(=O)(=O)Nc2ccccc2)cc1)c1ccc(F)cc1. The summed E-state index contributed by atoms with van der Waals surface area (Å²) >= 11 is 0. The second kappa shape index (κ2) is 11.1. The van der Waals surface area contributed by atoms with Crippen molar-refractivity contribution in [3.05, 3.63) is 90.2 Å². The first-order valence-corrected chi connectivity index (χ1v) is 11.6. The fourth-order valence-electron chi connectivity index (χ4n) is 2.96. The number of halogens is 1. The molecule has 3 aromatic carbocycles. The third-order valence-electron chi connectivity index (χ3n) is 4.64. The lowest BCUT2D eigenvalue weighted by molar-refractivity contribution is -0.121. The van der Waals surface area contributed by atoms with Crippen LogP contribution in [-0.2, 0) is 19.6 Å². The van der Waals surface area contributed by atoms with Gasteiger partial charge in [-0.2, -0.15) is 5.26 Å². The summed E-state index contributed by atoms with van der Waals surface area (Å²) in [5.74, 6) is -1.90. The number of anilines is 2. The van der Waals surface area contributed by atoms with Crippen LogP contribution in [0.3, 0.4) is 0 Å². The largest absolute Gasteiger partial charge is 0.452 e. The zero-order chi connectivity index (χ0) is 24.6. The van der Waals surface area contributed by atoms with Gasteiger partial charge < -0.3 is 9.64 Å². The van der Waals surface area contributed by atoms with Gasteiger partial charge in [0.25, 0.3) is 15.9 Å². The van der Waals surface area contributed by atoms with Gasteiger partial charge in [-0.1, -0.05) is 18.2 Å². The van der Waals surface area contributed by atoms with Crippen LogP contribution >= 0.6 is 0 Å². The molecule has 0 unspecified atom stereocenters. The lowest BCUT2D eigenvalue weighted by Crippen LogP contribution is -2.35. The fraction of sp³-hybridized carbons (Fsp3) is 0.125. The Balaban J connectivity index is 1.64. The topological polar surface area (TPSA) is 117 Å². The minimum Gasteiger partial charge on any atom is -0.452 e. The highest BCUT2D eigenvalue weighted by Gasteiger charge is 2.19. The van der Waals surface area contributed by atoms with E-state index in [-0.39, 0.29) is 23.4 Å². The second-order valence-corrected chi connectivity index (χ2v) is 8.68. The molecule has 0 fully saturated rings. The Hall–Kier alpha value is -4.23. The number of nitrogens with zero attached hydrogens (tertiary/aromatic N) is 2. The van der Waals surface area contributed by atoms with Crippen LogP contribution in [0.5, 0.6) is 0 Å². The predicted molar refractivity (Wildman–Crippen MR) is 123 cm³/mol. The summed E-state index contributed by atoms with van der Waals surface area (Å²) in [4.78, 5) is 26.1. The van der Waals surface area contributed by atoms with E-state index in [2.05, 4.69) is 4.72 Å². The molecule has 0 aromatic heterocycles. The highest BCUT2D eigenvalue weighted by molar-refractivity contribution is 7.92. The first-order valence-electron chi connectivity index (χ1n) is 10.1. The quantitative estimate of drug-likeness (QED) is 0.466. The normalized spacial score (nSPS) is 10.7. The maximum Gasteiger partial charge on any atom is 0.338 e. The van der Waals surface area contributed by atoms with Crippen LogP contribution in [0.1, 0.15) is 16.8 Å². The number of nitriles is 1. The molecule has 10 heteroatoms. The zero-order valence-corrected chi connectivity index (χ0v) is 18.7. The smallest absolute Gasteiger partial charge is 0.338 e. The third kappa shape index (κ3) is 6.40. The number of sulfonamides is 1. The fourth-order valence-corrected chi connectivity index (χ4v) is 4.02. The summed E-state index contributed by atoms with van der Waals surface area (Å²) in [6.07, 6.45) is 0.0318. The minimum atomic E-state index is -3.85. The highest BCUT2D eigenvalue weighted by Crippen LogP contribution is 2.18. The molecule has 0 aliphatic heterocycles. The van der Waals surface area contributed by atoms with Gasteiger partial charge in [-0.3, -0.25) is 9.52 Å². The van der Waals surface area contributed by atoms with E-state index in [0.29, 0.717) is 11.4 Å². The van der Waals surface area contributed by atoms with Crippen molar-refractivity contribution in [2.75, 3.05) is 22.8 Å². The van der Waals surface area contributed by atoms with Crippen LogP contribution in [0.15, 0.2) is 83.8 Å². The maximum atomic E-state index is 13.2. The molecule has 0 saturated carbocycles. The maximum absolute atomic E-state index is 13.2. The molecule has 8 nitrogen and oxygen atoms in total. The van der Waals surface area contributed by atoms with Gasteiger partial charge in [-0.15, -0.1) is 0 Å². The van der Waals surface area contributed by atoms with E-state index in [1.807, 2.05) is 6.07 Å². The Bertz CT molecular complexity index is 1290. The number of hydrogen-bond acceptors (Lipinski definition) is 6. The van der Waals surface area contributed by atoms with Crippen LogP contribution < -0.4 is 9.62 Å². The number of carbonyl (C=O) groups is 2. The lowest BCUT2D eigenvalue weighted by atomic mass is 10.2. The molecule has 1 N–H and O–H groups in total. The molecule has 1 amide bonds. The predicted octanol–water partition coefficient (Wildman–Crippen LogP) is 3.73. The number of hydrogen-bond donors (Lipinski definition) is 1. The van der Waals surface area contributed by atoms with Crippen molar-refractivity contribution >= 4 is 33.3 Å². The Morgan fingerprint density at radius 1 is 0.971 bits per heavy atom. The molecule has 0 saturated heterocycles. The zero-order valence-electron chi connectivity index (χ0n) is 17.8. The van der Waals surface area contributed by atoms with Crippen molar-refractivity contribution in [1.29, 1.82) is 5.26 Å². The molecule has 0 radical (unpaired) electrons. The molecule has 0 spiro atoms. The average molecular weight is 482 g/mol. The van der Waals surface area contributed by atoms with Gasteiger partial charge >= 0.3 is 5.97 Å². The summed E-state index contributed by atoms with van der Waals surface area (Å²) in [5, 5.41) is 8.84. The van der Waals surface area contributed by atoms with Crippen LogP contribution in [-0.4, -0.2) is 33.4 Å². The van der Waals surface area contributed by atoms with E-state index < -0.39 is 34.3 Å². The Morgan fingerprint density at radius 3 is 2.24 bits per heavy atom. The number of carbonyl (C=O) groups excluding carboxylic acids is 2. The molecule has 0 aliphatic rings. The number of benzene rings is 3. The Labute approximate surface area is 196 Å². The van der Waals surface area contributed by atoms with Crippen LogP contribution in [0.4, 0.5) is 15.8 Å². The standard InChI is InChI=1S/C24H20FN3O5S/c25-19-9-11-21(12-10-19)28(16-4-15-26)23(29)17-33-24(30)18-7-13-22(14-8-18)34(31,32)27-20-5-2-1-3-6-20/h1-3,5-14,27H,4,16-17H2. The summed E-state index contributed by atoms with van der Waals surface area (Å²) < 4.78 is 45.7. The highest BCUT2D eigenvalue weighted by atomic mass is 32.2.